The van der Waals surface area contributed by atoms with Crippen molar-refractivity contribution in [3.05, 3.63) is 10.0 Å². The first-order chi connectivity index (χ1) is 6.24. The first kappa shape index (κ1) is 8.52. The molecule has 0 bridgehead atoms. The summed E-state index contributed by atoms with van der Waals surface area (Å²) in [4.78, 5) is 0. The van der Waals surface area contributed by atoms with Gasteiger partial charge in [0.15, 0.2) is 0 Å². The van der Waals surface area contributed by atoms with Crippen LogP contribution in [0.3, 0.4) is 0 Å². The lowest BCUT2D eigenvalue weighted by atomic mass is 10.9. The fraction of sp³-hybridized carbons (Fsp3) is 0.333. The molecule has 0 radical (unpaired) electrons. The summed E-state index contributed by atoms with van der Waals surface area (Å²) in [6.45, 7) is 3.74. The summed E-state index contributed by atoms with van der Waals surface area (Å²) in [6, 6.07) is 0. The van der Waals surface area contributed by atoms with Crippen molar-refractivity contribution >= 4 is 22.7 Å². The molecule has 0 saturated heterocycles. The Balaban J connectivity index is 2.14. The van der Waals surface area contributed by atoms with Gasteiger partial charge in [0.2, 0.25) is 0 Å². The van der Waals surface area contributed by atoms with Gasteiger partial charge in [-0.25, -0.2) is 0 Å². The van der Waals surface area contributed by atoms with Crippen molar-refractivity contribution in [2.75, 3.05) is 0 Å². The Kier molecular flexibility index (Phi) is 2.19. The number of ether oxygens (including phenoxy) is 1. The maximum atomic E-state index is 5.31. The van der Waals surface area contributed by atoms with E-state index in [1.807, 2.05) is 13.8 Å². The lowest BCUT2D eigenvalue weighted by Crippen LogP contribution is -1.81. The maximum absolute atomic E-state index is 5.31. The molecule has 0 fully saturated rings. The summed E-state index contributed by atoms with van der Waals surface area (Å²) >= 11 is 2.77. The van der Waals surface area contributed by atoms with Crippen molar-refractivity contribution < 1.29 is 4.74 Å². The molecule has 7 heteroatoms. The van der Waals surface area contributed by atoms with Crippen LogP contribution >= 0.6 is 22.7 Å². The number of nitrogens with zero attached hydrogens (tertiary/aromatic N) is 4. The van der Waals surface area contributed by atoms with E-state index in [1.54, 1.807) is 0 Å². The van der Waals surface area contributed by atoms with Crippen LogP contribution in [0.4, 0.5) is 0 Å². The van der Waals surface area contributed by atoms with Gasteiger partial charge in [0.05, 0.1) is 0 Å². The van der Waals surface area contributed by atoms with Gasteiger partial charge in [0.1, 0.15) is 10.0 Å². The Bertz CT molecular complexity index is 372. The fourth-order valence-corrected chi connectivity index (χ4v) is 1.84. The monoisotopic (exact) mass is 214 g/mol. The maximum Gasteiger partial charge on any atom is 0.301 e. The van der Waals surface area contributed by atoms with Gasteiger partial charge in [-0.15, -0.1) is 10.2 Å². The van der Waals surface area contributed by atoms with Crippen LogP contribution < -0.4 is 4.74 Å². The SMILES string of the molecule is Cc1nnc(Oc2nnc(C)s2)s1. The fourth-order valence-electron chi connectivity index (χ4n) is 0.714. The number of aromatic nitrogens is 4. The highest BCUT2D eigenvalue weighted by atomic mass is 32.1. The third kappa shape index (κ3) is 1.99. The number of rotatable bonds is 2. The molecule has 0 aromatic carbocycles. The Hall–Kier alpha value is -1.08. The molecule has 68 valence electrons. The molecule has 2 heterocycles. The molecular weight excluding hydrogens is 208 g/mol. The quantitative estimate of drug-likeness (QED) is 0.762. The highest BCUT2D eigenvalue weighted by Crippen LogP contribution is 2.26. The van der Waals surface area contributed by atoms with Crippen molar-refractivity contribution in [2.24, 2.45) is 0 Å². The predicted molar refractivity (Wildman–Crippen MR) is 49.4 cm³/mol. The standard InChI is InChI=1S/C6H6N4OS2/c1-3-7-9-5(12-3)11-6-10-8-4(2)13-6/h1-2H3. The highest BCUT2D eigenvalue weighted by Gasteiger charge is 2.06. The van der Waals surface area contributed by atoms with Crippen molar-refractivity contribution in [3.8, 4) is 10.4 Å². The lowest BCUT2D eigenvalue weighted by molar-refractivity contribution is 0.464. The van der Waals surface area contributed by atoms with E-state index in [1.165, 1.54) is 22.7 Å². The molecule has 0 saturated carbocycles. The van der Waals surface area contributed by atoms with Gasteiger partial charge in [-0.05, 0) is 13.8 Å². The van der Waals surface area contributed by atoms with E-state index < -0.39 is 0 Å². The summed E-state index contributed by atoms with van der Waals surface area (Å²) < 4.78 is 5.31. The molecular formula is C6H6N4OS2. The zero-order valence-corrected chi connectivity index (χ0v) is 8.65. The summed E-state index contributed by atoms with van der Waals surface area (Å²) in [7, 11) is 0. The predicted octanol–water partition coefficient (Wildman–Crippen LogP) is 1.80. The molecule has 2 rings (SSSR count). The van der Waals surface area contributed by atoms with E-state index in [2.05, 4.69) is 20.4 Å². The van der Waals surface area contributed by atoms with Gasteiger partial charge >= 0.3 is 10.4 Å². The summed E-state index contributed by atoms with van der Waals surface area (Å²) in [5, 5.41) is 18.0. The average molecular weight is 214 g/mol. The van der Waals surface area contributed by atoms with Crippen LogP contribution in [0, 0.1) is 13.8 Å². The summed E-state index contributed by atoms with van der Waals surface area (Å²) in [5.41, 5.74) is 0. The average Bonchev–Trinajstić information content (AvgIpc) is 2.62. The van der Waals surface area contributed by atoms with Crippen molar-refractivity contribution in [3.63, 3.8) is 0 Å². The van der Waals surface area contributed by atoms with Crippen LogP contribution in [0.5, 0.6) is 10.4 Å². The van der Waals surface area contributed by atoms with Gasteiger partial charge in [0, 0.05) is 0 Å². The van der Waals surface area contributed by atoms with Crippen LogP contribution in [0.25, 0.3) is 0 Å². The minimum atomic E-state index is 0.508. The smallest absolute Gasteiger partial charge is 0.301 e. The van der Waals surface area contributed by atoms with Crippen molar-refractivity contribution in [1.29, 1.82) is 0 Å². The molecule has 0 aliphatic heterocycles. The van der Waals surface area contributed by atoms with Gasteiger partial charge < -0.3 is 4.74 Å². The highest BCUT2D eigenvalue weighted by molar-refractivity contribution is 7.14. The minimum absolute atomic E-state index is 0.508. The van der Waals surface area contributed by atoms with Crippen LogP contribution in [-0.2, 0) is 0 Å². The normalized spacial score (nSPS) is 10.3. The Morgan fingerprint density at radius 2 is 1.31 bits per heavy atom. The molecule has 0 spiro atoms. The molecule has 0 aliphatic rings. The Morgan fingerprint density at radius 1 is 0.846 bits per heavy atom. The van der Waals surface area contributed by atoms with E-state index in [0.717, 1.165) is 10.0 Å². The second-order valence-electron chi connectivity index (χ2n) is 2.28. The molecule has 0 aliphatic carbocycles. The first-order valence-electron chi connectivity index (χ1n) is 3.52. The second kappa shape index (κ2) is 3.35. The number of hydrogen-bond donors (Lipinski definition) is 0. The zero-order chi connectivity index (χ0) is 9.26. The van der Waals surface area contributed by atoms with E-state index in [9.17, 15) is 0 Å². The second-order valence-corrected chi connectivity index (χ2v) is 4.56. The Labute approximate surface area is 82.4 Å². The number of aryl methyl sites for hydroxylation is 2. The van der Waals surface area contributed by atoms with E-state index in [0.29, 0.717) is 10.4 Å². The molecule has 0 amide bonds. The van der Waals surface area contributed by atoms with Crippen LogP contribution in [-0.4, -0.2) is 20.4 Å². The van der Waals surface area contributed by atoms with Gasteiger partial charge in [-0.2, -0.15) is 0 Å². The third-order valence-corrected chi connectivity index (χ3v) is 2.62. The lowest BCUT2D eigenvalue weighted by Gasteiger charge is -1.90. The largest absolute Gasteiger partial charge is 0.400 e. The summed E-state index contributed by atoms with van der Waals surface area (Å²) in [6.07, 6.45) is 0. The van der Waals surface area contributed by atoms with E-state index >= 15 is 0 Å². The van der Waals surface area contributed by atoms with Crippen LogP contribution in [0.2, 0.25) is 0 Å². The molecule has 13 heavy (non-hydrogen) atoms. The molecule has 2 aromatic rings. The molecule has 0 N–H and O–H groups in total. The Morgan fingerprint density at radius 3 is 1.62 bits per heavy atom. The minimum Gasteiger partial charge on any atom is -0.400 e. The van der Waals surface area contributed by atoms with Gasteiger partial charge in [-0.1, -0.05) is 32.9 Å². The van der Waals surface area contributed by atoms with Gasteiger partial charge in [-0.3, -0.25) is 0 Å². The van der Waals surface area contributed by atoms with E-state index in [4.69, 9.17) is 4.74 Å². The molecule has 2 aromatic heterocycles. The third-order valence-electron chi connectivity index (χ3n) is 1.19. The molecule has 5 nitrogen and oxygen atoms in total. The van der Waals surface area contributed by atoms with Gasteiger partial charge in [0.25, 0.3) is 0 Å². The summed E-state index contributed by atoms with van der Waals surface area (Å²) in [5.74, 6) is 0. The van der Waals surface area contributed by atoms with Crippen molar-refractivity contribution in [2.45, 2.75) is 13.8 Å². The topological polar surface area (TPSA) is 60.8 Å². The van der Waals surface area contributed by atoms with E-state index in [-0.39, 0.29) is 0 Å². The van der Waals surface area contributed by atoms with Crippen LogP contribution in [0.15, 0.2) is 0 Å². The zero-order valence-electron chi connectivity index (χ0n) is 7.01. The first-order valence-corrected chi connectivity index (χ1v) is 5.15. The van der Waals surface area contributed by atoms with Crippen LogP contribution in [0.1, 0.15) is 10.0 Å². The molecule has 0 atom stereocenters. The van der Waals surface area contributed by atoms with Crippen molar-refractivity contribution in [1.82, 2.24) is 20.4 Å². The molecule has 0 unspecified atom stereocenters. The number of hydrogen-bond acceptors (Lipinski definition) is 7.